The van der Waals surface area contributed by atoms with E-state index >= 15 is 0 Å². The van der Waals surface area contributed by atoms with E-state index in [1.807, 2.05) is 35.9 Å². The molecule has 0 aliphatic carbocycles. The maximum atomic E-state index is 5.86. The summed E-state index contributed by atoms with van der Waals surface area (Å²) >= 11 is 1.86. The molecule has 2 N–H and O–H groups in total. The van der Waals surface area contributed by atoms with Gasteiger partial charge >= 0.3 is 0 Å². The van der Waals surface area contributed by atoms with Gasteiger partial charge in [0.15, 0.2) is 0 Å². The van der Waals surface area contributed by atoms with Gasteiger partial charge in [-0.15, -0.1) is 0 Å². The van der Waals surface area contributed by atoms with E-state index in [9.17, 15) is 0 Å². The third-order valence-corrected chi connectivity index (χ3v) is 3.74. The van der Waals surface area contributed by atoms with Gasteiger partial charge < -0.3 is 5.73 Å². The zero-order chi connectivity index (χ0) is 12.1. The Bertz CT molecular complexity index is 313. The zero-order valence-electron chi connectivity index (χ0n) is 10.6. The van der Waals surface area contributed by atoms with E-state index in [1.165, 1.54) is 5.56 Å². The first-order valence-corrected chi connectivity index (χ1v) is 6.89. The molecule has 0 amide bonds. The summed E-state index contributed by atoms with van der Waals surface area (Å²) in [6.45, 7) is 2.86. The molecule has 1 rings (SSSR count). The Balaban J connectivity index is 2.73. The Morgan fingerprint density at radius 3 is 2.75 bits per heavy atom. The lowest BCUT2D eigenvalue weighted by atomic mass is 10.1. The highest BCUT2D eigenvalue weighted by atomic mass is 32.2. The van der Waals surface area contributed by atoms with Crippen LogP contribution in [0.3, 0.4) is 0 Å². The minimum atomic E-state index is 0.260. The van der Waals surface area contributed by atoms with Crippen LogP contribution in [0.2, 0.25) is 0 Å². The van der Waals surface area contributed by atoms with Crippen molar-refractivity contribution in [2.45, 2.75) is 19.0 Å². The van der Waals surface area contributed by atoms with Crippen molar-refractivity contribution in [3.63, 3.8) is 0 Å². The lowest BCUT2D eigenvalue weighted by Crippen LogP contribution is -2.38. The van der Waals surface area contributed by atoms with Crippen molar-refractivity contribution in [3.8, 4) is 0 Å². The highest BCUT2D eigenvalue weighted by molar-refractivity contribution is 7.98. The third-order valence-electron chi connectivity index (χ3n) is 2.93. The van der Waals surface area contributed by atoms with E-state index in [0.29, 0.717) is 12.6 Å². The fourth-order valence-corrected chi connectivity index (χ4v) is 2.53. The molecule has 0 aliphatic rings. The van der Waals surface area contributed by atoms with Gasteiger partial charge in [-0.05, 0) is 20.2 Å². The Hall–Kier alpha value is -0.520. The number of hydrogen-bond acceptors (Lipinski definition) is 4. The lowest BCUT2D eigenvalue weighted by Gasteiger charge is -2.31. The van der Waals surface area contributed by atoms with Gasteiger partial charge in [0.1, 0.15) is 0 Å². The van der Waals surface area contributed by atoms with Crippen LogP contribution in [0.15, 0.2) is 12.4 Å². The summed E-state index contributed by atoms with van der Waals surface area (Å²) in [5.41, 5.74) is 7.06. The van der Waals surface area contributed by atoms with Crippen molar-refractivity contribution in [1.82, 2.24) is 14.7 Å². The van der Waals surface area contributed by atoms with Gasteiger partial charge in [0, 0.05) is 37.1 Å². The van der Waals surface area contributed by atoms with Crippen LogP contribution in [0.1, 0.15) is 18.5 Å². The summed E-state index contributed by atoms with van der Waals surface area (Å²) in [5.74, 6) is 1.12. The van der Waals surface area contributed by atoms with E-state index in [2.05, 4.69) is 30.2 Å². The van der Waals surface area contributed by atoms with Crippen molar-refractivity contribution in [3.05, 3.63) is 18.0 Å². The van der Waals surface area contributed by atoms with Crippen LogP contribution in [-0.4, -0.2) is 46.3 Å². The molecule has 0 bridgehead atoms. The molecule has 0 aromatic carbocycles. The quantitative estimate of drug-likeness (QED) is 0.811. The topological polar surface area (TPSA) is 47.1 Å². The van der Waals surface area contributed by atoms with Gasteiger partial charge in [0.25, 0.3) is 0 Å². The predicted molar refractivity (Wildman–Crippen MR) is 70.6 cm³/mol. The van der Waals surface area contributed by atoms with Gasteiger partial charge in [0.05, 0.1) is 12.2 Å². The fraction of sp³-hybridized carbons (Fsp3) is 0.727. The predicted octanol–water partition coefficient (Wildman–Crippen LogP) is 1.10. The monoisotopic (exact) mass is 242 g/mol. The first-order chi connectivity index (χ1) is 7.60. The van der Waals surface area contributed by atoms with E-state index < -0.39 is 0 Å². The highest BCUT2D eigenvalue weighted by Gasteiger charge is 2.20. The fourth-order valence-electron chi connectivity index (χ4n) is 1.82. The van der Waals surface area contributed by atoms with Gasteiger partial charge in [-0.3, -0.25) is 9.58 Å². The summed E-state index contributed by atoms with van der Waals surface area (Å²) in [7, 11) is 4.06. The molecule has 0 aliphatic heterocycles. The van der Waals surface area contributed by atoms with Crippen LogP contribution >= 0.6 is 11.8 Å². The summed E-state index contributed by atoms with van der Waals surface area (Å²) < 4.78 is 1.82. The number of nitrogens with two attached hydrogens (primary N) is 1. The standard InChI is InChI=1S/C11H22N4S/c1-9(8-16-4)15(3)11(5-12)10-6-13-14(2)7-10/h6-7,9,11H,5,8,12H2,1-4H3. The number of nitrogens with zero attached hydrogens (tertiary/aromatic N) is 3. The Labute approximate surface area is 102 Å². The molecule has 16 heavy (non-hydrogen) atoms. The SMILES string of the molecule is CSCC(C)N(C)C(CN)c1cnn(C)c1. The Kier molecular flexibility index (Phi) is 5.31. The third kappa shape index (κ3) is 3.23. The first kappa shape index (κ1) is 13.5. The van der Waals surface area contributed by atoms with Crippen LogP contribution < -0.4 is 5.73 Å². The number of likely N-dealkylation sites (N-methyl/N-ethyl adjacent to an activating group) is 1. The molecular weight excluding hydrogens is 220 g/mol. The molecule has 5 heteroatoms. The Morgan fingerprint density at radius 1 is 1.62 bits per heavy atom. The molecule has 1 aromatic rings. The van der Waals surface area contributed by atoms with Gasteiger partial charge in [-0.2, -0.15) is 16.9 Å². The zero-order valence-corrected chi connectivity index (χ0v) is 11.4. The molecule has 0 saturated heterocycles. The number of aryl methyl sites for hydroxylation is 1. The summed E-state index contributed by atoms with van der Waals surface area (Å²) in [6.07, 6.45) is 6.07. The molecule has 92 valence electrons. The van der Waals surface area contributed by atoms with Crippen molar-refractivity contribution in [1.29, 1.82) is 0 Å². The number of hydrogen-bond donors (Lipinski definition) is 1. The second-order valence-corrected chi connectivity index (χ2v) is 5.08. The summed E-state index contributed by atoms with van der Waals surface area (Å²) in [5, 5.41) is 4.20. The van der Waals surface area contributed by atoms with Crippen LogP contribution in [0.25, 0.3) is 0 Å². The molecule has 0 radical (unpaired) electrons. The molecule has 0 fully saturated rings. The van der Waals surface area contributed by atoms with Gasteiger partial charge in [-0.25, -0.2) is 0 Å². The molecule has 0 spiro atoms. The summed E-state index contributed by atoms with van der Waals surface area (Å²) in [6, 6.07) is 0.777. The van der Waals surface area contributed by atoms with Crippen LogP contribution in [-0.2, 0) is 7.05 Å². The number of thioether (sulfide) groups is 1. The van der Waals surface area contributed by atoms with E-state index in [4.69, 9.17) is 5.73 Å². The minimum absolute atomic E-state index is 0.260. The normalized spacial score (nSPS) is 15.4. The smallest absolute Gasteiger partial charge is 0.0538 e. The molecule has 1 heterocycles. The maximum absolute atomic E-state index is 5.86. The Morgan fingerprint density at radius 2 is 2.31 bits per heavy atom. The van der Waals surface area contributed by atoms with E-state index in [0.717, 1.165) is 5.75 Å². The molecule has 2 unspecified atom stereocenters. The van der Waals surface area contributed by atoms with Gasteiger partial charge in [-0.1, -0.05) is 0 Å². The minimum Gasteiger partial charge on any atom is -0.329 e. The number of rotatable bonds is 6. The van der Waals surface area contributed by atoms with Crippen LogP contribution in [0.5, 0.6) is 0 Å². The second-order valence-electron chi connectivity index (χ2n) is 4.17. The first-order valence-electron chi connectivity index (χ1n) is 5.49. The van der Waals surface area contributed by atoms with Crippen LogP contribution in [0.4, 0.5) is 0 Å². The highest BCUT2D eigenvalue weighted by Crippen LogP contribution is 2.20. The second kappa shape index (κ2) is 6.27. The van der Waals surface area contributed by atoms with Gasteiger partial charge in [0.2, 0.25) is 0 Å². The summed E-state index contributed by atoms with van der Waals surface area (Å²) in [4.78, 5) is 2.33. The van der Waals surface area contributed by atoms with E-state index in [-0.39, 0.29) is 6.04 Å². The van der Waals surface area contributed by atoms with Crippen molar-refractivity contribution >= 4 is 11.8 Å². The average Bonchev–Trinajstić information content (AvgIpc) is 2.66. The molecule has 2 atom stereocenters. The molecule has 4 nitrogen and oxygen atoms in total. The van der Waals surface area contributed by atoms with Crippen molar-refractivity contribution in [2.75, 3.05) is 25.6 Å². The van der Waals surface area contributed by atoms with Crippen molar-refractivity contribution in [2.24, 2.45) is 12.8 Å². The maximum Gasteiger partial charge on any atom is 0.0538 e. The van der Waals surface area contributed by atoms with E-state index in [1.54, 1.807) is 0 Å². The largest absolute Gasteiger partial charge is 0.329 e. The van der Waals surface area contributed by atoms with Crippen LogP contribution in [0, 0.1) is 0 Å². The molecular formula is C11H22N4S. The average molecular weight is 242 g/mol. The number of aromatic nitrogens is 2. The molecule has 0 saturated carbocycles. The van der Waals surface area contributed by atoms with Crippen molar-refractivity contribution < 1.29 is 0 Å². The lowest BCUT2D eigenvalue weighted by molar-refractivity contribution is 0.204. The molecule has 1 aromatic heterocycles.